The molecule has 0 radical (unpaired) electrons. The first-order valence-corrected chi connectivity index (χ1v) is 6.29. The van der Waals surface area contributed by atoms with Crippen molar-refractivity contribution >= 4 is 29.2 Å². The Morgan fingerprint density at radius 1 is 1.06 bits per heavy atom. The first-order chi connectivity index (χ1) is 8.24. The van der Waals surface area contributed by atoms with Crippen LogP contribution in [0.5, 0.6) is 0 Å². The van der Waals surface area contributed by atoms with Crippen molar-refractivity contribution in [1.29, 1.82) is 0 Å². The van der Waals surface area contributed by atoms with E-state index in [-0.39, 0.29) is 0 Å². The molecule has 0 aromatic heterocycles. The predicted octanol–water partition coefficient (Wildman–Crippen LogP) is 5.44. The molecule has 2 aromatic carbocycles. The molecular weight excluding hydrogens is 252 g/mol. The minimum absolute atomic E-state index is 0.668. The molecule has 0 aliphatic rings. The van der Waals surface area contributed by atoms with Gasteiger partial charge in [0.2, 0.25) is 0 Å². The molecule has 2 rings (SSSR count). The topological polar surface area (TPSA) is 24.7 Å². The van der Waals surface area contributed by atoms with Crippen LogP contribution in [0.4, 0.5) is 5.69 Å². The zero-order valence-electron chi connectivity index (χ0n) is 9.30. The number of rotatable bonds is 3. The molecule has 4 heteroatoms. The van der Waals surface area contributed by atoms with Gasteiger partial charge in [0, 0.05) is 21.9 Å². The van der Waals surface area contributed by atoms with Gasteiger partial charge in [-0.3, -0.25) is 0 Å². The van der Waals surface area contributed by atoms with E-state index in [2.05, 4.69) is 28.7 Å². The summed E-state index contributed by atoms with van der Waals surface area (Å²) in [5.74, 6) is 0. The Hall–Kier alpha value is -1.32. The average molecular weight is 263 g/mol. The predicted molar refractivity (Wildman–Crippen MR) is 73.0 cm³/mol. The van der Waals surface area contributed by atoms with E-state index in [4.69, 9.17) is 11.6 Å². The first kappa shape index (κ1) is 12.1. The van der Waals surface area contributed by atoms with Gasteiger partial charge < -0.3 is 0 Å². The molecule has 0 saturated heterocycles. The van der Waals surface area contributed by atoms with E-state index < -0.39 is 0 Å². The van der Waals surface area contributed by atoms with Gasteiger partial charge in [-0.2, -0.15) is 0 Å². The number of hydrogen-bond donors (Lipinski definition) is 0. The molecule has 0 spiro atoms. The van der Waals surface area contributed by atoms with Crippen LogP contribution in [0.2, 0.25) is 5.02 Å². The Bertz CT molecular complexity index is 523. The molecule has 0 heterocycles. The summed E-state index contributed by atoms with van der Waals surface area (Å²) < 4.78 is 4.07. The van der Waals surface area contributed by atoms with Crippen molar-refractivity contribution in [3.8, 4) is 0 Å². The minimum Gasteiger partial charge on any atom is -0.143 e. The van der Waals surface area contributed by atoms with Crippen LogP contribution < -0.4 is 0 Å². The highest BCUT2D eigenvalue weighted by atomic mass is 35.5. The van der Waals surface area contributed by atoms with Crippen LogP contribution in [0, 0.1) is 6.92 Å². The lowest BCUT2D eigenvalue weighted by atomic mass is 10.2. The lowest BCUT2D eigenvalue weighted by Crippen LogP contribution is -1.70. The van der Waals surface area contributed by atoms with Crippen molar-refractivity contribution in [1.82, 2.24) is 0 Å². The first-order valence-electron chi connectivity index (χ1n) is 5.14. The van der Waals surface area contributed by atoms with Gasteiger partial charge >= 0.3 is 0 Å². The average Bonchev–Trinajstić information content (AvgIpc) is 2.32. The molecule has 0 fully saturated rings. The van der Waals surface area contributed by atoms with E-state index >= 15 is 0 Å². The Morgan fingerprint density at radius 2 is 1.82 bits per heavy atom. The van der Waals surface area contributed by atoms with Crippen LogP contribution in [0.3, 0.4) is 0 Å². The van der Waals surface area contributed by atoms with Crippen LogP contribution >= 0.6 is 23.5 Å². The SMILES string of the molecule is Cc1ccc(SN=Nc2cccc(Cl)c2)cc1. The van der Waals surface area contributed by atoms with E-state index in [1.807, 2.05) is 30.3 Å². The summed E-state index contributed by atoms with van der Waals surface area (Å²) in [4.78, 5) is 1.07. The summed E-state index contributed by atoms with van der Waals surface area (Å²) in [5.41, 5.74) is 2.00. The lowest BCUT2D eigenvalue weighted by molar-refractivity contribution is 1.31. The molecule has 0 bridgehead atoms. The van der Waals surface area contributed by atoms with Gasteiger partial charge in [-0.15, -0.1) is 9.63 Å². The van der Waals surface area contributed by atoms with Crippen LogP contribution in [-0.2, 0) is 0 Å². The second-order valence-corrected chi connectivity index (χ2v) is 4.82. The normalized spacial score (nSPS) is 10.9. The molecule has 17 heavy (non-hydrogen) atoms. The Labute approximate surface area is 110 Å². The van der Waals surface area contributed by atoms with Crippen molar-refractivity contribution in [2.45, 2.75) is 11.8 Å². The maximum atomic E-state index is 5.85. The van der Waals surface area contributed by atoms with E-state index in [0.29, 0.717) is 5.02 Å². The fourth-order valence-electron chi connectivity index (χ4n) is 1.25. The van der Waals surface area contributed by atoms with Crippen molar-refractivity contribution in [2.24, 2.45) is 9.63 Å². The summed E-state index contributed by atoms with van der Waals surface area (Å²) in [7, 11) is 0. The smallest absolute Gasteiger partial charge is 0.0878 e. The zero-order valence-corrected chi connectivity index (χ0v) is 10.9. The van der Waals surface area contributed by atoms with Crippen LogP contribution in [0.1, 0.15) is 5.56 Å². The zero-order chi connectivity index (χ0) is 12.1. The standard InChI is InChI=1S/C13H11ClN2S/c1-10-5-7-13(8-6-10)17-16-15-12-4-2-3-11(14)9-12/h2-9H,1H3. The van der Waals surface area contributed by atoms with Gasteiger partial charge in [0.05, 0.1) is 5.69 Å². The second kappa shape index (κ2) is 5.84. The summed E-state index contributed by atoms with van der Waals surface area (Å²) in [5, 5.41) is 4.76. The molecule has 0 aliphatic heterocycles. The summed E-state index contributed by atoms with van der Waals surface area (Å²) in [6.07, 6.45) is 0. The third kappa shape index (κ3) is 3.88. The van der Waals surface area contributed by atoms with Crippen molar-refractivity contribution in [2.75, 3.05) is 0 Å². The number of nitrogens with zero attached hydrogens (tertiary/aromatic N) is 2. The molecule has 0 saturated carbocycles. The number of halogens is 1. The summed E-state index contributed by atoms with van der Waals surface area (Å²) in [6.45, 7) is 2.06. The van der Waals surface area contributed by atoms with Crippen molar-refractivity contribution in [3.63, 3.8) is 0 Å². The number of benzene rings is 2. The van der Waals surface area contributed by atoms with E-state index in [1.54, 1.807) is 6.07 Å². The summed E-state index contributed by atoms with van der Waals surface area (Å²) in [6, 6.07) is 15.5. The largest absolute Gasteiger partial charge is 0.143 e. The van der Waals surface area contributed by atoms with Crippen LogP contribution in [0.15, 0.2) is 63.1 Å². The van der Waals surface area contributed by atoms with Gasteiger partial charge in [0.25, 0.3) is 0 Å². The van der Waals surface area contributed by atoms with Crippen molar-refractivity contribution in [3.05, 3.63) is 59.1 Å². The van der Waals surface area contributed by atoms with Gasteiger partial charge in [-0.05, 0) is 37.3 Å². The molecule has 2 nitrogen and oxygen atoms in total. The molecule has 0 aliphatic carbocycles. The fraction of sp³-hybridized carbons (Fsp3) is 0.0769. The molecule has 2 aromatic rings. The quantitative estimate of drug-likeness (QED) is 0.534. The van der Waals surface area contributed by atoms with E-state index in [0.717, 1.165) is 10.6 Å². The Kier molecular flexibility index (Phi) is 4.18. The van der Waals surface area contributed by atoms with Gasteiger partial charge in [0.1, 0.15) is 0 Å². The number of hydrogen-bond acceptors (Lipinski definition) is 3. The van der Waals surface area contributed by atoms with Gasteiger partial charge in [-0.1, -0.05) is 35.4 Å². The van der Waals surface area contributed by atoms with Crippen LogP contribution in [0.25, 0.3) is 0 Å². The minimum atomic E-state index is 0.668. The highest BCUT2D eigenvalue weighted by Gasteiger charge is 1.93. The van der Waals surface area contributed by atoms with E-state index in [9.17, 15) is 0 Å². The summed E-state index contributed by atoms with van der Waals surface area (Å²) >= 11 is 7.19. The highest BCUT2D eigenvalue weighted by molar-refractivity contribution is 7.97. The molecular formula is C13H11ClN2S. The van der Waals surface area contributed by atoms with E-state index in [1.165, 1.54) is 17.5 Å². The Morgan fingerprint density at radius 3 is 2.53 bits per heavy atom. The third-order valence-corrected chi connectivity index (χ3v) is 3.01. The monoisotopic (exact) mass is 262 g/mol. The second-order valence-electron chi connectivity index (χ2n) is 3.57. The lowest BCUT2D eigenvalue weighted by Gasteiger charge is -1.95. The molecule has 0 amide bonds. The van der Waals surface area contributed by atoms with Gasteiger partial charge in [-0.25, -0.2) is 0 Å². The van der Waals surface area contributed by atoms with Gasteiger partial charge in [0.15, 0.2) is 0 Å². The molecule has 0 N–H and O–H groups in total. The third-order valence-electron chi connectivity index (χ3n) is 2.13. The fourth-order valence-corrected chi connectivity index (χ4v) is 1.92. The number of aryl methyl sites for hydroxylation is 1. The maximum Gasteiger partial charge on any atom is 0.0878 e. The molecule has 0 atom stereocenters. The molecule has 0 unspecified atom stereocenters. The van der Waals surface area contributed by atoms with Crippen molar-refractivity contribution < 1.29 is 0 Å². The Balaban J connectivity index is 2.00. The maximum absolute atomic E-state index is 5.85. The molecule has 86 valence electrons. The highest BCUT2D eigenvalue weighted by Crippen LogP contribution is 2.24. The van der Waals surface area contributed by atoms with Crippen LogP contribution in [-0.4, -0.2) is 0 Å².